The predicted molar refractivity (Wildman–Crippen MR) is 90.1 cm³/mol. The van der Waals surface area contributed by atoms with Gasteiger partial charge in [-0.15, -0.1) is 0 Å². The maximum Gasteiger partial charge on any atom is 0.223 e. The predicted octanol–water partition coefficient (Wildman–Crippen LogP) is 2.29. The molecule has 0 radical (unpaired) electrons. The van der Waals surface area contributed by atoms with Crippen molar-refractivity contribution in [3.63, 3.8) is 0 Å². The number of carbonyl (C=O) groups is 1. The van der Waals surface area contributed by atoms with Crippen molar-refractivity contribution >= 4 is 11.9 Å². The van der Waals surface area contributed by atoms with E-state index in [1.165, 1.54) is 5.56 Å². The Bertz CT molecular complexity index is 642. The Labute approximate surface area is 136 Å². The van der Waals surface area contributed by atoms with Crippen molar-refractivity contribution in [1.82, 2.24) is 14.9 Å². The van der Waals surface area contributed by atoms with Gasteiger partial charge in [0.2, 0.25) is 11.9 Å². The number of amides is 1. The molecule has 0 bridgehead atoms. The standard InChI is InChI=1S/C18H22N4O/c1-14-10-19-18(20-11-14)21-12-16-9-17(23)22(13-16)8-7-15-5-3-2-4-6-15/h2-6,10-11,16H,7-9,12-13H2,1H3,(H,19,20,21). The van der Waals surface area contributed by atoms with Crippen LogP contribution in [-0.4, -0.2) is 40.4 Å². The van der Waals surface area contributed by atoms with Gasteiger partial charge in [0.25, 0.3) is 0 Å². The monoisotopic (exact) mass is 310 g/mol. The van der Waals surface area contributed by atoms with Crippen molar-refractivity contribution < 1.29 is 4.79 Å². The molecular weight excluding hydrogens is 288 g/mol. The third-order valence-electron chi connectivity index (χ3n) is 4.14. The summed E-state index contributed by atoms with van der Waals surface area (Å²) in [7, 11) is 0. The van der Waals surface area contributed by atoms with Gasteiger partial charge < -0.3 is 10.2 Å². The van der Waals surface area contributed by atoms with E-state index in [9.17, 15) is 4.79 Å². The maximum atomic E-state index is 12.1. The molecule has 120 valence electrons. The van der Waals surface area contributed by atoms with Crippen LogP contribution in [0.5, 0.6) is 0 Å². The van der Waals surface area contributed by atoms with Gasteiger partial charge in [0, 0.05) is 44.4 Å². The molecule has 2 aromatic rings. The third kappa shape index (κ3) is 4.28. The van der Waals surface area contributed by atoms with Gasteiger partial charge in [0.1, 0.15) is 0 Å². The number of rotatable bonds is 6. The number of aryl methyl sites for hydroxylation is 1. The van der Waals surface area contributed by atoms with Gasteiger partial charge in [-0.1, -0.05) is 30.3 Å². The summed E-state index contributed by atoms with van der Waals surface area (Å²) in [5, 5.41) is 3.23. The summed E-state index contributed by atoms with van der Waals surface area (Å²) in [5.41, 5.74) is 2.31. The lowest BCUT2D eigenvalue weighted by Crippen LogP contribution is -2.28. The summed E-state index contributed by atoms with van der Waals surface area (Å²) < 4.78 is 0. The molecule has 5 heteroatoms. The van der Waals surface area contributed by atoms with Crippen LogP contribution in [0, 0.1) is 12.8 Å². The van der Waals surface area contributed by atoms with E-state index in [1.54, 1.807) is 12.4 Å². The minimum atomic E-state index is 0.248. The highest BCUT2D eigenvalue weighted by atomic mass is 16.2. The number of nitrogens with one attached hydrogen (secondary N) is 1. The minimum absolute atomic E-state index is 0.248. The van der Waals surface area contributed by atoms with Crippen molar-refractivity contribution in [2.24, 2.45) is 5.92 Å². The number of nitrogens with zero attached hydrogens (tertiary/aromatic N) is 3. The zero-order valence-corrected chi connectivity index (χ0v) is 13.4. The van der Waals surface area contributed by atoms with E-state index in [1.807, 2.05) is 30.0 Å². The van der Waals surface area contributed by atoms with E-state index in [4.69, 9.17) is 0 Å². The topological polar surface area (TPSA) is 58.1 Å². The molecule has 23 heavy (non-hydrogen) atoms. The van der Waals surface area contributed by atoms with Crippen molar-refractivity contribution in [2.75, 3.05) is 25.0 Å². The molecular formula is C18H22N4O. The first-order valence-corrected chi connectivity index (χ1v) is 8.05. The summed E-state index contributed by atoms with van der Waals surface area (Å²) in [6, 6.07) is 10.3. The molecule has 0 saturated carbocycles. The molecule has 1 aromatic heterocycles. The Morgan fingerprint density at radius 2 is 1.96 bits per heavy atom. The van der Waals surface area contributed by atoms with Gasteiger partial charge in [0.15, 0.2) is 0 Å². The normalized spacial score (nSPS) is 17.5. The largest absolute Gasteiger partial charge is 0.354 e. The lowest BCUT2D eigenvalue weighted by molar-refractivity contribution is -0.127. The van der Waals surface area contributed by atoms with Crippen molar-refractivity contribution in [2.45, 2.75) is 19.8 Å². The zero-order valence-electron chi connectivity index (χ0n) is 13.4. The van der Waals surface area contributed by atoms with Gasteiger partial charge in [-0.25, -0.2) is 9.97 Å². The summed E-state index contributed by atoms with van der Waals surface area (Å²) in [6.45, 7) is 4.30. The van der Waals surface area contributed by atoms with Crippen LogP contribution >= 0.6 is 0 Å². The highest BCUT2D eigenvalue weighted by molar-refractivity contribution is 5.78. The highest BCUT2D eigenvalue weighted by Crippen LogP contribution is 2.18. The second kappa shape index (κ2) is 7.22. The van der Waals surface area contributed by atoms with Crippen LogP contribution in [-0.2, 0) is 11.2 Å². The van der Waals surface area contributed by atoms with Crippen molar-refractivity contribution in [1.29, 1.82) is 0 Å². The van der Waals surface area contributed by atoms with E-state index in [2.05, 4.69) is 27.4 Å². The highest BCUT2D eigenvalue weighted by Gasteiger charge is 2.29. The van der Waals surface area contributed by atoms with Gasteiger partial charge in [-0.2, -0.15) is 0 Å². The van der Waals surface area contributed by atoms with Gasteiger partial charge in [0.05, 0.1) is 0 Å². The van der Waals surface area contributed by atoms with Gasteiger partial charge in [-0.3, -0.25) is 4.79 Å². The Morgan fingerprint density at radius 3 is 2.70 bits per heavy atom. The molecule has 5 nitrogen and oxygen atoms in total. The number of hydrogen-bond acceptors (Lipinski definition) is 4. The van der Waals surface area contributed by atoms with Crippen LogP contribution in [0.1, 0.15) is 17.5 Å². The van der Waals surface area contributed by atoms with Crippen LogP contribution in [0.3, 0.4) is 0 Å². The van der Waals surface area contributed by atoms with Crippen LogP contribution in [0.25, 0.3) is 0 Å². The van der Waals surface area contributed by atoms with Crippen molar-refractivity contribution in [3.8, 4) is 0 Å². The summed E-state index contributed by atoms with van der Waals surface area (Å²) >= 11 is 0. The fraction of sp³-hybridized carbons (Fsp3) is 0.389. The van der Waals surface area contributed by atoms with E-state index in [0.29, 0.717) is 18.3 Å². The number of likely N-dealkylation sites (tertiary alicyclic amines) is 1. The van der Waals surface area contributed by atoms with E-state index < -0.39 is 0 Å². The Morgan fingerprint density at radius 1 is 1.22 bits per heavy atom. The van der Waals surface area contributed by atoms with Gasteiger partial charge >= 0.3 is 0 Å². The molecule has 1 atom stereocenters. The smallest absolute Gasteiger partial charge is 0.223 e. The van der Waals surface area contributed by atoms with E-state index in [0.717, 1.165) is 31.6 Å². The molecule has 1 aliphatic rings. The van der Waals surface area contributed by atoms with Crippen LogP contribution in [0.15, 0.2) is 42.7 Å². The molecule has 2 heterocycles. The number of carbonyl (C=O) groups excluding carboxylic acids is 1. The SMILES string of the molecule is Cc1cnc(NCC2CC(=O)N(CCc3ccccc3)C2)nc1. The summed E-state index contributed by atoms with van der Waals surface area (Å²) in [6.07, 6.45) is 5.10. The number of aromatic nitrogens is 2. The quantitative estimate of drug-likeness (QED) is 0.889. The fourth-order valence-corrected chi connectivity index (χ4v) is 2.84. The number of benzene rings is 1. The van der Waals surface area contributed by atoms with Crippen LogP contribution in [0.2, 0.25) is 0 Å². The number of anilines is 1. The Balaban J connectivity index is 1.46. The molecule has 0 spiro atoms. The molecule has 3 rings (SSSR count). The van der Waals surface area contributed by atoms with Crippen LogP contribution < -0.4 is 5.32 Å². The van der Waals surface area contributed by atoms with Crippen molar-refractivity contribution in [3.05, 3.63) is 53.9 Å². The zero-order chi connectivity index (χ0) is 16.1. The molecule has 1 saturated heterocycles. The first-order chi connectivity index (χ1) is 11.2. The lowest BCUT2D eigenvalue weighted by Gasteiger charge is -2.17. The molecule has 1 unspecified atom stereocenters. The second-order valence-corrected chi connectivity index (χ2v) is 6.11. The molecule has 1 amide bonds. The van der Waals surface area contributed by atoms with Crippen LogP contribution in [0.4, 0.5) is 5.95 Å². The molecule has 1 fully saturated rings. The first kappa shape index (κ1) is 15.5. The molecule has 1 aromatic carbocycles. The maximum absolute atomic E-state index is 12.1. The van der Waals surface area contributed by atoms with E-state index >= 15 is 0 Å². The fourth-order valence-electron chi connectivity index (χ4n) is 2.84. The Hall–Kier alpha value is -2.43. The minimum Gasteiger partial charge on any atom is -0.354 e. The lowest BCUT2D eigenvalue weighted by atomic mass is 10.1. The summed E-state index contributed by atoms with van der Waals surface area (Å²) in [5.74, 6) is 1.20. The average Bonchev–Trinajstić information content (AvgIpc) is 2.93. The molecule has 1 N–H and O–H groups in total. The second-order valence-electron chi connectivity index (χ2n) is 6.11. The Kier molecular flexibility index (Phi) is 4.86. The average molecular weight is 310 g/mol. The molecule has 0 aliphatic carbocycles. The summed E-state index contributed by atoms with van der Waals surface area (Å²) in [4.78, 5) is 22.6. The number of hydrogen-bond donors (Lipinski definition) is 1. The van der Waals surface area contributed by atoms with E-state index in [-0.39, 0.29) is 5.91 Å². The molecule has 1 aliphatic heterocycles. The first-order valence-electron chi connectivity index (χ1n) is 8.05. The van der Waals surface area contributed by atoms with Gasteiger partial charge in [-0.05, 0) is 24.5 Å². The third-order valence-corrected chi connectivity index (χ3v) is 4.14.